The van der Waals surface area contributed by atoms with Crippen molar-refractivity contribution < 1.29 is 8.42 Å². The molecule has 120 valence electrons. The third-order valence-corrected chi connectivity index (χ3v) is 6.80. The van der Waals surface area contributed by atoms with Crippen LogP contribution in [0.2, 0.25) is 0 Å². The van der Waals surface area contributed by atoms with Crippen molar-refractivity contribution in [3.05, 3.63) is 0 Å². The Balaban J connectivity index is 2.16. The minimum Gasteiger partial charge on any atom is -0.382 e. The highest BCUT2D eigenvalue weighted by molar-refractivity contribution is 7.91. The molecule has 1 heterocycles. The first-order valence-corrected chi connectivity index (χ1v) is 10.2. The van der Waals surface area contributed by atoms with Crippen LogP contribution in [0.25, 0.3) is 0 Å². The number of nitrogens with two attached hydrogens (primary N) is 1. The topological polar surface area (TPSA) is 85.1 Å². The summed E-state index contributed by atoms with van der Waals surface area (Å²) in [7, 11) is -3.34. The number of aromatic nitrogens is 1. The van der Waals surface area contributed by atoms with Gasteiger partial charge in [-0.15, -0.1) is 0 Å². The van der Waals surface area contributed by atoms with Crippen molar-refractivity contribution in [2.45, 2.75) is 69.2 Å². The van der Waals surface area contributed by atoms with Crippen molar-refractivity contribution >= 4 is 32.2 Å². The molecule has 1 aromatic rings. The van der Waals surface area contributed by atoms with Crippen LogP contribution < -0.4 is 11.1 Å². The summed E-state index contributed by atoms with van der Waals surface area (Å²) in [5.74, 6) is 0.261. The van der Waals surface area contributed by atoms with E-state index in [0.29, 0.717) is 17.5 Å². The largest absolute Gasteiger partial charge is 0.382 e. The molecule has 0 radical (unpaired) electrons. The number of sulfone groups is 1. The third kappa shape index (κ3) is 4.32. The van der Waals surface area contributed by atoms with Gasteiger partial charge in [0.1, 0.15) is 9.90 Å². The smallest absolute Gasteiger partial charge is 0.185 e. The molecule has 3 N–H and O–H groups in total. The fraction of sp³-hybridized carbons (Fsp3) is 0.786. The summed E-state index contributed by atoms with van der Waals surface area (Å²) in [6.45, 7) is 1.86. The summed E-state index contributed by atoms with van der Waals surface area (Å²) in [4.78, 5) is 0.219. The number of nitrogens with one attached hydrogen (secondary N) is 1. The number of anilines is 2. The van der Waals surface area contributed by atoms with Crippen LogP contribution in [0.4, 0.5) is 10.8 Å². The fourth-order valence-electron chi connectivity index (χ4n) is 2.84. The zero-order valence-corrected chi connectivity index (χ0v) is 14.2. The number of nitrogens with zero attached hydrogens (tertiary/aromatic N) is 1. The first-order chi connectivity index (χ1) is 10.0. The summed E-state index contributed by atoms with van der Waals surface area (Å²) >= 11 is 1.17. The lowest BCUT2D eigenvalue weighted by atomic mass is 9.97. The molecule has 0 saturated heterocycles. The lowest BCUT2D eigenvalue weighted by molar-refractivity contribution is 0.471. The van der Waals surface area contributed by atoms with Gasteiger partial charge in [0.2, 0.25) is 0 Å². The molecule has 0 spiro atoms. The number of rotatable bonds is 5. The second kappa shape index (κ2) is 7.45. The number of nitrogen functional groups attached to an aromatic ring is 1. The molecule has 1 fully saturated rings. The average Bonchev–Trinajstić information content (AvgIpc) is 2.74. The molecule has 1 aromatic heterocycles. The Kier molecular flexibility index (Phi) is 5.87. The first-order valence-electron chi connectivity index (χ1n) is 7.79. The molecule has 2 rings (SSSR count). The van der Waals surface area contributed by atoms with Gasteiger partial charge in [-0.2, -0.15) is 4.37 Å². The quantitative estimate of drug-likeness (QED) is 0.863. The van der Waals surface area contributed by atoms with Crippen LogP contribution in [-0.4, -0.2) is 24.6 Å². The molecule has 1 saturated carbocycles. The van der Waals surface area contributed by atoms with E-state index in [0.717, 1.165) is 12.8 Å². The summed E-state index contributed by atoms with van der Waals surface area (Å²) in [6, 6.07) is 0.334. The van der Waals surface area contributed by atoms with Crippen molar-refractivity contribution in [1.29, 1.82) is 0 Å². The fourth-order valence-corrected chi connectivity index (χ4v) is 5.53. The maximum atomic E-state index is 12.3. The van der Waals surface area contributed by atoms with E-state index in [2.05, 4.69) is 9.69 Å². The van der Waals surface area contributed by atoms with E-state index in [4.69, 9.17) is 5.73 Å². The second-order valence-corrected chi connectivity index (χ2v) is 8.55. The highest BCUT2D eigenvalue weighted by Crippen LogP contribution is 2.34. The highest BCUT2D eigenvalue weighted by atomic mass is 32.2. The lowest BCUT2D eigenvalue weighted by Gasteiger charge is -2.21. The Morgan fingerprint density at radius 3 is 2.48 bits per heavy atom. The van der Waals surface area contributed by atoms with E-state index in [1.165, 1.54) is 43.6 Å². The van der Waals surface area contributed by atoms with Crippen LogP contribution in [-0.2, 0) is 9.84 Å². The molecule has 5 nitrogen and oxygen atoms in total. The maximum absolute atomic E-state index is 12.3. The van der Waals surface area contributed by atoms with Gasteiger partial charge in [0.15, 0.2) is 15.7 Å². The predicted octanol–water partition coefficient (Wildman–Crippen LogP) is 3.43. The van der Waals surface area contributed by atoms with Crippen LogP contribution in [0.1, 0.15) is 58.3 Å². The Labute approximate surface area is 131 Å². The number of hydrogen-bond acceptors (Lipinski definition) is 6. The van der Waals surface area contributed by atoms with Crippen molar-refractivity contribution in [3.8, 4) is 0 Å². The van der Waals surface area contributed by atoms with Crippen LogP contribution in [0.5, 0.6) is 0 Å². The van der Waals surface area contributed by atoms with Gasteiger partial charge in [0.05, 0.1) is 5.75 Å². The molecule has 1 aliphatic rings. The van der Waals surface area contributed by atoms with Crippen LogP contribution in [0, 0.1) is 0 Å². The molecule has 1 aliphatic carbocycles. The van der Waals surface area contributed by atoms with Crippen LogP contribution >= 0.6 is 11.5 Å². The van der Waals surface area contributed by atoms with Gasteiger partial charge < -0.3 is 11.1 Å². The Hall–Kier alpha value is -0.820. The zero-order valence-electron chi connectivity index (χ0n) is 12.6. The molecule has 0 aromatic carbocycles. The van der Waals surface area contributed by atoms with E-state index in [1.54, 1.807) is 0 Å². The van der Waals surface area contributed by atoms with Crippen LogP contribution in [0.3, 0.4) is 0 Å². The number of hydrogen-bond donors (Lipinski definition) is 2. The van der Waals surface area contributed by atoms with Crippen LogP contribution in [0.15, 0.2) is 4.90 Å². The van der Waals surface area contributed by atoms with E-state index in [-0.39, 0.29) is 16.5 Å². The maximum Gasteiger partial charge on any atom is 0.185 e. The Morgan fingerprint density at radius 1 is 1.24 bits per heavy atom. The van der Waals surface area contributed by atoms with E-state index in [9.17, 15) is 8.42 Å². The third-order valence-electron chi connectivity index (χ3n) is 3.90. The van der Waals surface area contributed by atoms with E-state index in [1.807, 2.05) is 6.92 Å². The molecular formula is C14H25N3O2S2. The van der Waals surface area contributed by atoms with E-state index >= 15 is 0 Å². The molecule has 0 unspecified atom stereocenters. The minimum absolute atomic E-state index is 0.120. The molecular weight excluding hydrogens is 306 g/mol. The van der Waals surface area contributed by atoms with Gasteiger partial charge in [-0.25, -0.2) is 8.42 Å². The van der Waals surface area contributed by atoms with Gasteiger partial charge in [-0.1, -0.05) is 39.0 Å². The van der Waals surface area contributed by atoms with Crippen molar-refractivity contribution in [2.24, 2.45) is 0 Å². The molecule has 21 heavy (non-hydrogen) atoms. The lowest BCUT2D eigenvalue weighted by Crippen LogP contribution is -2.21. The molecule has 0 bridgehead atoms. The first kappa shape index (κ1) is 16.5. The van der Waals surface area contributed by atoms with E-state index < -0.39 is 9.84 Å². The van der Waals surface area contributed by atoms with Gasteiger partial charge in [0.25, 0.3) is 0 Å². The predicted molar refractivity (Wildman–Crippen MR) is 88.6 cm³/mol. The monoisotopic (exact) mass is 331 g/mol. The standard InChI is InChI=1S/C14H25N3O2S2/c1-2-10-21(18,19)12-13(15)17-20-14(12)16-11-8-6-4-3-5-7-9-11/h11,16H,2-10H2,1H3,(H2,15,17). The normalized spacial score (nSPS) is 18.1. The SMILES string of the molecule is CCCS(=O)(=O)c1c(N)nsc1NC1CCCCCCC1. The average molecular weight is 332 g/mol. The van der Waals surface area contributed by atoms with Crippen molar-refractivity contribution in [2.75, 3.05) is 16.8 Å². The molecule has 7 heteroatoms. The summed E-state index contributed by atoms with van der Waals surface area (Å²) in [6.07, 6.45) is 9.01. The van der Waals surface area contributed by atoms with Crippen molar-refractivity contribution in [3.63, 3.8) is 0 Å². The molecule has 0 atom stereocenters. The van der Waals surface area contributed by atoms with Crippen molar-refractivity contribution in [1.82, 2.24) is 4.37 Å². The Bertz CT molecular complexity index is 547. The highest BCUT2D eigenvalue weighted by Gasteiger charge is 2.26. The minimum atomic E-state index is -3.34. The summed E-state index contributed by atoms with van der Waals surface area (Å²) < 4.78 is 28.7. The summed E-state index contributed by atoms with van der Waals surface area (Å²) in [5, 5.41) is 4.03. The van der Waals surface area contributed by atoms with Gasteiger partial charge in [0, 0.05) is 6.04 Å². The van der Waals surface area contributed by atoms with Gasteiger partial charge in [-0.3, -0.25) is 0 Å². The molecule has 0 aliphatic heterocycles. The summed E-state index contributed by atoms with van der Waals surface area (Å²) in [5.41, 5.74) is 5.80. The second-order valence-electron chi connectivity index (χ2n) is 5.73. The zero-order chi connectivity index (χ0) is 15.3. The molecule has 0 amide bonds. The van der Waals surface area contributed by atoms with Gasteiger partial charge >= 0.3 is 0 Å². The van der Waals surface area contributed by atoms with Gasteiger partial charge in [-0.05, 0) is 30.8 Å². The Morgan fingerprint density at radius 2 is 1.86 bits per heavy atom.